The Morgan fingerprint density at radius 3 is 2.85 bits per heavy atom. The maximum atomic E-state index is 11.6. The van der Waals surface area contributed by atoms with Gasteiger partial charge in [-0.25, -0.2) is 4.79 Å². The van der Waals surface area contributed by atoms with Crippen LogP contribution in [0.1, 0.15) is 19.3 Å². The van der Waals surface area contributed by atoms with Crippen LogP contribution in [-0.2, 0) is 4.79 Å². The lowest BCUT2D eigenvalue weighted by Gasteiger charge is -2.07. The first-order valence-electron chi connectivity index (χ1n) is 6.39. The van der Waals surface area contributed by atoms with E-state index in [1.54, 1.807) is 11.3 Å². The van der Waals surface area contributed by atoms with Gasteiger partial charge in [-0.1, -0.05) is 0 Å². The lowest BCUT2D eigenvalue weighted by Crippen LogP contribution is -2.29. The zero-order valence-corrected chi connectivity index (χ0v) is 11.7. The lowest BCUT2D eigenvalue weighted by molar-refractivity contribution is -0.137. The summed E-state index contributed by atoms with van der Waals surface area (Å²) in [5.41, 5.74) is 0.749. The summed E-state index contributed by atoms with van der Waals surface area (Å²) in [4.78, 5) is 22.0. The van der Waals surface area contributed by atoms with Gasteiger partial charge >= 0.3 is 12.0 Å². The third kappa shape index (κ3) is 4.24. The molecule has 1 heterocycles. The third-order valence-electron chi connectivity index (χ3n) is 2.81. The van der Waals surface area contributed by atoms with Gasteiger partial charge < -0.3 is 15.7 Å². The molecule has 2 aromatic rings. The van der Waals surface area contributed by atoms with Crippen LogP contribution in [0.4, 0.5) is 10.5 Å². The number of carbonyl (C=O) groups is 2. The fourth-order valence-electron chi connectivity index (χ4n) is 1.82. The minimum Gasteiger partial charge on any atom is -0.481 e. The van der Waals surface area contributed by atoms with Gasteiger partial charge in [0.1, 0.15) is 0 Å². The number of thiophene rings is 1. The van der Waals surface area contributed by atoms with Crippen molar-refractivity contribution in [2.24, 2.45) is 0 Å². The number of carboxylic acid groups (broad SMARTS) is 1. The van der Waals surface area contributed by atoms with Gasteiger partial charge in [-0.2, -0.15) is 0 Å². The Hall–Kier alpha value is -2.08. The minimum absolute atomic E-state index is 0.137. The van der Waals surface area contributed by atoms with Crippen LogP contribution in [0.25, 0.3) is 10.1 Å². The van der Waals surface area contributed by atoms with E-state index in [4.69, 9.17) is 5.11 Å². The van der Waals surface area contributed by atoms with Crippen molar-refractivity contribution in [3.05, 3.63) is 29.6 Å². The van der Waals surface area contributed by atoms with E-state index in [9.17, 15) is 9.59 Å². The van der Waals surface area contributed by atoms with E-state index >= 15 is 0 Å². The zero-order chi connectivity index (χ0) is 14.4. The molecular formula is C14H16N2O3S. The number of nitrogens with one attached hydrogen (secondary N) is 2. The molecule has 20 heavy (non-hydrogen) atoms. The van der Waals surface area contributed by atoms with E-state index in [1.807, 2.05) is 29.6 Å². The first kappa shape index (κ1) is 14.3. The van der Waals surface area contributed by atoms with Crippen LogP contribution >= 0.6 is 11.3 Å². The second kappa shape index (κ2) is 6.91. The number of hydrogen-bond donors (Lipinski definition) is 3. The SMILES string of the molecule is O=C(O)CCCCNC(=O)Nc1ccc2sccc2c1. The molecule has 0 aliphatic rings. The van der Waals surface area contributed by atoms with Crippen LogP contribution in [-0.4, -0.2) is 23.7 Å². The van der Waals surface area contributed by atoms with E-state index in [1.165, 1.54) is 4.70 Å². The minimum atomic E-state index is -0.807. The number of amides is 2. The molecule has 2 rings (SSSR count). The van der Waals surface area contributed by atoms with Crippen LogP contribution in [0.2, 0.25) is 0 Å². The van der Waals surface area contributed by atoms with Gasteiger partial charge in [0.15, 0.2) is 0 Å². The van der Waals surface area contributed by atoms with Crippen molar-refractivity contribution in [1.82, 2.24) is 5.32 Å². The molecule has 0 spiro atoms. The quantitative estimate of drug-likeness (QED) is 0.715. The molecule has 0 bridgehead atoms. The van der Waals surface area contributed by atoms with Crippen LogP contribution in [0.15, 0.2) is 29.6 Å². The van der Waals surface area contributed by atoms with Gasteiger partial charge in [0.25, 0.3) is 0 Å². The summed E-state index contributed by atoms with van der Waals surface area (Å²) in [6, 6.07) is 7.51. The van der Waals surface area contributed by atoms with Gasteiger partial charge in [0.2, 0.25) is 0 Å². The highest BCUT2D eigenvalue weighted by Gasteiger charge is 2.03. The van der Waals surface area contributed by atoms with E-state index in [0.717, 1.165) is 11.1 Å². The summed E-state index contributed by atoms with van der Waals surface area (Å²) in [7, 11) is 0. The molecular weight excluding hydrogens is 276 g/mol. The van der Waals surface area contributed by atoms with Gasteiger partial charge in [-0.3, -0.25) is 4.79 Å². The number of fused-ring (bicyclic) bond motifs is 1. The van der Waals surface area contributed by atoms with Crippen molar-refractivity contribution in [3.8, 4) is 0 Å². The molecule has 0 fully saturated rings. The number of carboxylic acids is 1. The summed E-state index contributed by atoms with van der Waals surface area (Å²) in [6.07, 6.45) is 1.36. The largest absolute Gasteiger partial charge is 0.481 e. The summed E-state index contributed by atoms with van der Waals surface area (Å²) in [5, 5.41) is 17.1. The Morgan fingerprint density at radius 2 is 2.05 bits per heavy atom. The maximum Gasteiger partial charge on any atom is 0.319 e. The van der Waals surface area contributed by atoms with E-state index in [0.29, 0.717) is 19.4 Å². The summed E-state index contributed by atoms with van der Waals surface area (Å²) >= 11 is 1.66. The smallest absolute Gasteiger partial charge is 0.319 e. The lowest BCUT2D eigenvalue weighted by atomic mass is 10.2. The highest BCUT2D eigenvalue weighted by atomic mass is 32.1. The Balaban J connectivity index is 1.75. The molecule has 2 amide bonds. The normalized spacial score (nSPS) is 10.4. The van der Waals surface area contributed by atoms with Gasteiger partial charge in [0, 0.05) is 23.4 Å². The number of benzene rings is 1. The molecule has 0 unspecified atom stereocenters. The molecule has 3 N–H and O–H groups in total. The topological polar surface area (TPSA) is 78.4 Å². The molecule has 0 saturated heterocycles. The summed E-state index contributed by atoms with van der Waals surface area (Å²) < 4.78 is 1.18. The number of unbranched alkanes of at least 4 members (excludes halogenated alkanes) is 1. The first-order chi connectivity index (χ1) is 9.65. The van der Waals surface area contributed by atoms with Crippen molar-refractivity contribution in [2.75, 3.05) is 11.9 Å². The van der Waals surface area contributed by atoms with Crippen molar-refractivity contribution < 1.29 is 14.7 Å². The molecule has 0 radical (unpaired) electrons. The number of urea groups is 1. The Labute approximate surface area is 120 Å². The molecule has 6 heteroatoms. The number of hydrogen-bond acceptors (Lipinski definition) is 3. The van der Waals surface area contributed by atoms with Crippen molar-refractivity contribution in [1.29, 1.82) is 0 Å². The van der Waals surface area contributed by atoms with Crippen molar-refractivity contribution in [3.63, 3.8) is 0 Å². The van der Waals surface area contributed by atoms with E-state index < -0.39 is 5.97 Å². The second-order valence-electron chi connectivity index (χ2n) is 4.40. The first-order valence-corrected chi connectivity index (χ1v) is 7.27. The van der Waals surface area contributed by atoms with Crippen LogP contribution in [0.3, 0.4) is 0 Å². The molecule has 0 saturated carbocycles. The number of aliphatic carboxylic acids is 1. The predicted octanol–water partition coefficient (Wildman–Crippen LogP) is 3.28. The molecule has 5 nitrogen and oxygen atoms in total. The van der Waals surface area contributed by atoms with Crippen LogP contribution in [0, 0.1) is 0 Å². The van der Waals surface area contributed by atoms with Gasteiger partial charge in [0.05, 0.1) is 0 Å². The Morgan fingerprint density at radius 1 is 1.20 bits per heavy atom. The fourth-order valence-corrected chi connectivity index (χ4v) is 2.59. The molecule has 0 atom stereocenters. The van der Waals surface area contributed by atoms with E-state index in [-0.39, 0.29) is 12.5 Å². The number of carbonyl (C=O) groups excluding carboxylic acids is 1. The van der Waals surface area contributed by atoms with Crippen molar-refractivity contribution >= 4 is 39.1 Å². The average Bonchev–Trinajstić information content (AvgIpc) is 2.85. The molecule has 1 aromatic heterocycles. The summed E-state index contributed by atoms with van der Waals surface area (Å²) in [5.74, 6) is -0.807. The van der Waals surface area contributed by atoms with Crippen LogP contribution < -0.4 is 10.6 Å². The molecule has 106 valence electrons. The Kier molecular flexibility index (Phi) is 4.95. The highest BCUT2D eigenvalue weighted by molar-refractivity contribution is 7.17. The zero-order valence-electron chi connectivity index (χ0n) is 10.9. The predicted molar refractivity (Wildman–Crippen MR) is 80.3 cm³/mol. The van der Waals surface area contributed by atoms with Crippen molar-refractivity contribution in [2.45, 2.75) is 19.3 Å². The second-order valence-corrected chi connectivity index (χ2v) is 5.35. The molecule has 1 aromatic carbocycles. The summed E-state index contributed by atoms with van der Waals surface area (Å²) in [6.45, 7) is 0.472. The average molecular weight is 292 g/mol. The fraction of sp³-hybridized carbons (Fsp3) is 0.286. The van der Waals surface area contributed by atoms with Gasteiger partial charge in [-0.15, -0.1) is 11.3 Å². The number of anilines is 1. The van der Waals surface area contributed by atoms with Gasteiger partial charge in [-0.05, 0) is 47.9 Å². The molecule has 0 aliphatic heterocycles. The van der Waals surface area contributed by atoms with Crippen LogP contribution in [0.5, 0.6) is 0 Å². The standard InChI is InChI=1S/C14H16N2O3S/c17-13(18)3-1-2-7-15-14(19)16-11-4-5-12-10(9-11)6-8-20-12/h4-6,8-9H,1-3,7H2,(H,17,18)(H2,15,16,19). The molecule has 0 aliphatic carbocycles. The maximum absolute atomic E-state index is 11.6. The number of rotatable bonds is 6. The Bertz CT molecular complexity index is 609. The monoisotopic (exact) mass is 292 g/mol. The third-order valence-corrected chi connectivity index (χ3v) is 3.71. The van der Waals surface area contributed by atoms with E-state index in [2.05, 4.69) is 10.6 Å². The highest BCUT2D eigenvalue weighted by Crippen LogP contribution is 2.23.